The lowest BCUT2D eigenvalue weighted by atomic mass is 9.92. The van der Waals surface area contributed by atoms with E-state index in [-0.39, 0.29) is 35.1 Å². The van der Waals surface area contributed by atoms with Crippen LogP contribution in [0.5, 0.6) is 0 Å². The molecule has 0 radical (unpaired) electrons. The van der Waals surface area contributed by atoms with Crippen molar-refractivity contribution in [3.05, 3.63) is 112 Å². The topological polar surface area (TPSA) is 6.48 Å². The molecule has 0 unspecified atom stereocenters. The zero-order valence-corrected chi connectivity index (χ0v) is 27.7. The fraction of sp³-hybridized carbons (Fsp3) is 0.371. The van der Waals surface area contributed by atoms with Crippen molar-refractivity contribution in [1.29, 1.82) is 0 Å². The van der Waals surface area contributed by atoms with Crippen LogP contribution in [0.3, 0.4) is 0 Å². The van der Waals surface area contributed by atoms with E-state index in [9.17, 15) is 4.39 Å². The normalized spacial score (nSPS) is 17.5. The zero-order chi connectivity index (χ0) is 33.0. The molecule has 0 saturated carbocycles. The quantitative estimate of drug-likeness (QED) is 0.0843. The molecule has 0 aromatic heterocycles. The molecule has 0 saturated heterocycles. The van der Waals surface area contributed by atoms with Gasteiger partial charge in [0.2, 0.25) is 5.82 Å². The standard InChI is InChI=1S/C35H40F6N2Si/c1-18(2)24-13-11-14-25(19(3)4)33(24)42-22(9)17-23(10)43(34-26(20(5)6)15-12-16-27(34)21(7)8)44(42,41)35-31(39)29(37)28(36)30(38)32(35)40/h11-21H,9H2,1-8,10H3/t44-/m1/s1. The summed E-state index contributed by atoms with van der Waals surface area (Å²) in [5.74, 6) is -11.8. The minimum absolute atomic E-state index is 0.0555. The Morgan fingerprint density at radius 2 is 0.886 bits per heavy atom. The van der Waals surface area contributed by atoms with Gasteiger partial charge in [0.1, 0.15) is 0 Å². The summed E-state index contributed by atoms with van der Waals surface area (Å²) in [6, 6.07) is 10.9. The van der Waals surface area contributed by atoms with E-state index < -0.39 is 43.0 Å². The van der Waals surface area contributed by atoms with Gasteiger partial charge in [0.05, 0.1) is 5.19 Å². The van der Waals surface area contributed by atoms with Crippen LogP contribution in [-0.2, 0) is 0 Å². The first kappa shape index (κ1) is 33.4. The van der Waals surface area contributed by atoms with E-state index in [1.807, 2.05) is 79.7 Å². The molecule has 3 aromatic rings. The lowest BCUT2D eigenvalue weighted by Gasteiger charge is -2.51. The first-order chi connectivity index (χ1) is 20.5. The van der Waals surface area contributed by atoms with Crippen LogP contribution in [-0.4, -0.2) is 8.73 Å². The van der Waals surface area contributed by atoms with E-state index in [1.54, 1.807) is 25.1 Å². The van der Waals surface area contributed by atoms with Gasteiger partial charge in [-0.3, -0.25) is 4.11 Å². The molecular formula is C35H40F6N2Si. The van der Waals surface area contributed by atoms with Gasteiger partial charge in [-0.05, 0) is 58.9 Å². The highest BCUT2D eigenvalue weighted by Gasteiger charge is 2.61. The van der Waals surface area contributed by atoms with Gasteiger partial charge in [0.25, 0.3) is 0 Å². The maximum absolute atomic E-state index is 19.2. The molecule has 2 nitrogen and oxygen atoms in total. The van der Waals surface area contributed by atoms with Crippen LogP contribution >= 0.6 is 0 Å². The van der Waals surface area contributed by atoms with Crippen LogP contribution in [0.15, 0.2) is 60.4 Å². The number of benzene rings is 3. The smallest absolute Gasteiger partial charge is 0.325 e. The number of hydrogen-bond acceptors (Lipinski definition) is 2. The monoisotopic (exact) mass is 630 g/mol. The van der Waals surface area contributed by atoms with Crippen molar-refractivity contribution < 1.29 is 26.1 Å². The number of hydrogen-bond donors (Lipinski definition) is 0. The van der Waals surface area contributed by atoms with Gasteiger partial charge in [-0.15, -0.1) is 0 Å². The second-order valence-corrected chi connectivity index (χ2v) is 15.2. The summed E-state index contributed by atoms with van der Waals surface area (Å²) in [5, 5.41) is -1.47. The SMILES string of the molecule is C=C1C=C(C)N(c2c(C(C)C)cccc2C(C)C)[Si@@](F)(c2c(F)c(F)c(F)c(F)c2F)N1c1c(C(C)C)cccc1C(C)C. The highest BCUT2D eigenvalue weighted by atomic mass is 28.4. The molecule has 0 fully saturated rings. The molecule has 3 aromatic carbocycles. The second-order valence-electron chi connectivity index (χ2n) is 12.7. The Hall–Kier alpha value is -3.46. The third-order valence-electron chi connectivity index (χ3n) is 8.27. The summed E-state index contributed by atoms with van der Waals surface area (Å²) in [7, 11) is -5.76. The summed E-state index contributed by atoms with van der Waals surface area (Å²) in [4.78, 5) is 0. The highest BCUT2D eigenvalue weighted by molar-refractivity contribution is 6.93. The lowest BCUT2D eigenvalue weighted by molar-refractivity contribution is 0.382. The Morgan fingerprint density at radius 1 is 0.568 bits per heavy atom. The molecule has 236 valence electrons. The number of anilines is 2. The Kier molecular flexibility index (Phi) is 9.23. The van der Waals surface area contributed by atoms with Crippen molar-refractivity contribution in [1.82, 2.24) is 0 Å². The van der Waals surface area contributed by atoms with E-state index >= 15 is 21.7 Å². The van der Waals surface area contributed by atoms with Crippen LogP contribution in [0.1, 0.15) is 108 Å². The Balaban J connectivity index is 2.33. The maximum atomic E-state index is 19.2. The van der Waals surface area contributed by atoms with Gasteiger partial charge >= 0.3 is 8.73 Å². The average Bonchev–Trinajstić information content (AvgIpc) is 2.94. The van der Waals surface area contributed by atoms with E-state index in [1.165, 1.54) is 4.57 Å². The molecule has 4 rings (SSSR count). The minimum Gasteiger partial charge on any atom is -0.325 e. The van der Waals surface area contributed by atoms with Gasteiger partial charge in [0.15, 0.2) is 23.3 Å². The van der Waals surface area contributed by atoms with Gasteiger partial charge in [0, 0.05) is 22.8 Å². The highest BCUT2D eigenvalue weighted by Crippen LogP contribution is 2.48. The first-order valence-corrected chi connectivity index (χ1v) is 16.7. The Bertz CT molecular complexity index is 1560. The van der Waals surface area contributed by atoms with E-state index in [4.69, 9.17) is 0 Å². The van der Waals surface area contributed by atoms with Gasteiger partial charge in [-0.2, -0.15) is 0 Å². The van der Waals surface area contributed by atoms with Crippen molar-refractivity contribution >= 4 is 25.3 Å². The minimum atomic E-state index is -5.76. The fourth-order valence-electron chi connectivity index (χ4n) is 6.16. The molecule has 44 heavy (non-hydrogen) atoms. The lowest BCUT2D eigenvalue weighted by Crippen LogP contribution is -2.74. The van der Waals surface area contributed by atoms with E-state index in [0.29, 0.717) is 33.6 Å². The molecule has 0 spiro atoms. The number of halogens is 6. The number of para-hydroxylation sites is 2. The molecule has 1 aliphatic heterocycles. The number of nitrogens with zero attached hydrogens (tertiary/aromatic N) is 2. The summed E-state index contributed by atoms with van der Waals surface area (Å²) in [6.07, 6.45) is 1.61. The van der Waals surface area contributed by atoms with Crippen molar-refractivity contribution in [3.63, 3.8) is 0 Å². The molecule has 1 aliphatic rings. The van der Waals surface area contributed by atoms with Crippen molar-refractivity contribution in [2.24, 2.45) is 0 Å². The molecule has 0 aliphatic carbocycles. The third kappa shape index (κ3) is 5.16. The van der Waals surface area contributed by atoms with Crippen LogP contribution in [0.4, 0.5) is 37.4 Å². The van der Waals surface area contributed by atoms with Crippen LogP contribution in [0, 0.1) is 29.1 Å². The van der Waals surface area contributed by atoms with Crippen LogP contribution in [0.2, 0.25) is 0 Å². The summed E-state index contributed by atoms with van der Waals surface area (Å²) >= 11 is 0. The zero-order valence-electron chi connectivity index (χ0n) is 26.7. The molecule has 1 atom stereocenters. The van der Waals surface area contributed by atoms with E-state index in [2.05, 4.69) is 6.58 Å². The van der Waals surface area contributed by atoms with Gasteiger partial charge in [-0.1, -0.05) is 98.4 Å². The predicted molar refractivity (Wildman–Crippen MR) is 170 cm³/mol. The van der Waals surface area contributed by atoms with Crippen molar-refractivity contribution in [3.8, 4) is 0 Å². The Morgan fingerprint density at radius 3 is 1.23 bits per heavy atom. The van der Waals surface area contributed by atoms with E-state index in [0.717, 1.165) is 4.57 Å². The van der Waals surface area contributed by atoms with Crippen molar-refractivity contribution in [2.75, 3.05) is 9.13 Å². The van der Waals surface area contributed by atoms with Gasteiger partial charge in [-0.25, -0.2) is 22.0 Å². The van der Waals surface area contributed by atoms with Crippen LogP contribution < -0.4 is 14.3 Å². The third-order valence-corrected chi connectivity index (χ3v) is 11.6. The summed E-state index contributed by atoms with van der Waals surface area (Å²) in [6.45, 7) is 20.9. The maximum Gasteiger partial charge on any atom is 0.509 e. The average molecular weight is 631 g/mol. The summed E-state index contributed by atoms with van der Waals surface area (Å²) < 4.78 is 98.3. The predicted octanol–water partition coefficient (Wildman–Crippen LogP) is 10.4. The second kappa shape index (κ2) is 12.1. The molecule has 0 amide bonds. The Labute approximate surface area is 258 Å². The first-order valence-electron chi connectivity index (χ1n) is 14.9. The van der Waals surface area contributed by atoms with Crippen LogP contribution in [0.25, 0.3) is 0 Å². The molecule has 0 bridgehead atoms. The van der Waals surface area contributed by atoms with Gasteiger partial charge < -0.3 is 9.13 Å². The van der Waals surface area contributed by atoms with Crippen molar-refractivity contribution in [2.45, 2.75) is 86.0 Å². The largest absolute Gasteiger partial charge is 0.509 e. The molecular weight excluding hydrogens is 590 g/mol. The molecule has 1 heterocycles. The molecule has 0 N–H and O–H groups in total. The molecule has 9 heteroatoms. The number of rotatable bonds is 7. The fourth-order valence-corrected chi connectivity index (χ4v) is 9.67. The summed E-state index contributed by atoms with van der Waals surface area (Å²) in [5.41, 5.74) is 3.65. The number of allylic oxidation sites excluding steroid dienone is 2.